The highest BCUT2D eigenvalue weighted by Crippen LogP contribution is 2.30. The van der Waals surface area contributed by atoms with Gasteiger partial charge in [-0.15, -0.1) is 0 Å². The Balaban J connectivity index is 1.88. The number of pyridine rings is 1. The van der Waals surface area contributed by atoms with E-state index in [1.165, 1.54) is 23.8 Å². The predicted octanol–water partition coefficient (Wildman–Crippen LogP) is 2.27. The quantitative estimate of drug-likeness (QED) is 0.873. The molecular weight excluding hydrogens is 288 g/mol. The lowest BCUT2D eigenvalue weighted by atomic mass is 9.91. The van der Waals surface area contributed by atoms with Crippen molar-refractivity contribution in [1.29, 1.82) is 0 Å². The molecule has 2 aromatic rings. The van der Waals surface area contributed by atoms with Gasteiger partial charge in [0, 0.05) is 31.1 Å². The highest BCUT2D eigenvalue weighted by atomic mass is 16.1. The topological polar surface area (TPSA) is 43.1 Å². The van der Waals surface area contributed by atoms with Crippen LogP contribution in [0.3, 0.4) is 0 Å². The smallest absolute Gasteiger partial charge is 0.255 e. The summed E-state index contributed by atoms with van der Waals surface area (Å²) in [4.78, 5) is 15.7. The fourth-order valence-electron chi connectivity index (χ4n) is 4.49. The number of aryl methyl sites for hydroxylation is 2. The van der Waals surface area contributed by atoms with Gasteiger partial charge in [-0.1, -0.05) is 6.92 Å². The van der Waals surface area contributed by atoms with Gasteiger partial charge in [0.2, 0.25) is 0 Å². The Kier molecular flexibility index (Phi) is 3.76. The Labute approximate surface area is 136 Å². The van der Waals surface area contributed by atoms with Gasteiger partial charge in [-0.25, -0.2) is 0 Å². The molecule has 124 valence electrons. The van der Waals surface area contributed by atoms with E-state index in [1.54, 1.807) is 0 Å². The van der Waals surface area contributed by atoms with Crippen molar-refractivity contribution in [3.63, 3.8) is 0 Å². The molecule has 0 bridgehead atoms. The van der Waals surface area contributed by atoms with E-state index in [0.717, 1.165) is 56.5 Å². The monoisotopic (exact) mass is 314 g/mol. The first-order valence-corrected chi connectivity index (χ1v) is 9.01. The standard InChI is InChI=1S/C18H26N4O/c1-3-9-21-10-8-13(12-21)22-17-16(11-19-20(17)2)14-6-4-5-7-15(14)18(22)23/h11,13H,3-10,12H2,1-2H3. The predicted molar refractivity (Wildman–Crippen MR) is 92.0 cm³/mol. The van der Waals surface area contributed by atoms with E-state index >= 15 is 0 Å². The van der Waals surface area contributed by atoms with Gasteiger partial charge in [0.25, 0.3) is 5.56 Å². The molecule has 5 heteroatoms. The van der Waals surface area contributed by atoms with Gasteiger partial charge in [0.15, 0.2) is 0 Å². The van der Waals surface area contributed by atoms with Gasteiger partial charge in [0.05, 0.1) is 12.2 Å². The maximum absolute atomic E-state index is 13.2. The lowest BCUT2D eigenvalue weighted by Gasteiger charge is -2.23. The fraction of sp³-hybridized carbons (Fsp3) is 0.667. The highest BCUT2D eigenvalue weighted by molar-refractivity contribution is 5.80. The van der Waals surface area contributed by atoms with Crippen LogP contribution in [0.2, 0.25) is 0 Å². The molecular formula is C18H26N4O. The van der Waals surface area contributed by atoms with Crippen LogP contribution in [0.1, 0.15) is 49.8 Å². The van der Waals surface area contributed by atoms with Crippen molar-refractivity contribution in [2.24, 2.45) is 7.05 Å². The number of rotatable bonds is 3. The number of aromatic nitrogens is 3. The van der Waals surface area contributed by atoms with E-state index in [4.69, 9.17) is 0 Å². The van der Waals surface area contributed by atoms with Gasteiger partial charge < -0.3 is 4.90 Å². The molecule has 0 radical (unpaired) electrons. The third-order valence-corrected chi connectivity index (χ3v) is 5.56. The van der Waals surface area contributed by atoms with Gasteiger partial charge in [-0.05, 0) is 50.6 Å². The van der Waals surface area contributed by atoms with Gasteiger partial charge in [-0.2, -0.15) is 5.10 Å². The molecule has 0 saturated carbocycles. The van der Waals surface area contributed by atoms with Crippen molar-refractivity contribution in [3.8, 4) is 0 Å². The Morgan fingerprint density at radius 2 is 2.04 bits per heavy atom. The van der Waals surface area contributed by atoms with Gasteiger partial charge >= 0.3 is 0 Å². The molecule has 1 saturated heterocycles. The van der Waals surface area contributed by atoms with Crippen molar-refractivity contribution in [1.82, 2.24) is 19.2 Å². The van der Waals surface area contributed by atoms with E-state index in [1.807, 2.05) is 17.9 Å². The van der Waals surface area contributed by atoms with Crippen LogP contribution in [0.5, 0.6) is 0 Å². The highest BCUT2D eigenvalue weighted by Gasteiger charge is 2.29. The average Bonchev–Trinajstić information content (AvgIpc) is 3.16. The molecule has 1 atom stereocenters. The molecule has 3 heterocycles. The molecule has 0 spiro atoms. The number of fused-ring (bicyclic) bond motifs is 3. The summed E-state index contributed by atoms with van der Waals surface area (Å²) < 4.78 is 3.97. The fourth-order valence-corrected chi connectivity index (χ4v) is 4.49. The zero-order chi connectivity index (χ0) is 16.0. The number of hydrogen-bond donors (Lipinski definition) is 0. The largest absolute Gasteiger partial charge is 0.301 e. The Hall–Kier alpha value is -1.62. The molecule has 0 N–H and O–H groups in total. The maximum Gasteiger partial charge on any atom is 0.255 e. The van der Waals surface area contributed by atoms with Crippen LogP contribution in [0.4, 0.5) is 0 Å². The minimum atomic E-state index is 0.249. The molecule has 2 aromatic heterocycles. The van der Waals surface area contributed by atoms with E-state index < -0.39 is 0 Å². The molecule has 23 heavy (non-hydrogen) atoms. The lowest BCUT2D eigenvalue weighted by Crippen LogP contribution is -2.33. The molecule has 0 aromatic carbocycles. The number of likely N-dealkylation sites (tertiary alicyclic amines) is 1. The van der Waals surface area contributed by atoms with Crippen LogP contribution >= 0.6 is 0 Å². The maximum atomic E-state index is 13.2. The van der Waals surface area contributed by atoms with Crippen LogP contribution in [0, 0.1) is 0 Å². The molecule has 4 rings (SSSR count). The summed E-state index contributed by atoms with van der Waals surface area (Å²) in [6.07, 6.45) is 8.50. The normalized spacial score (nSPS) is 21.9. The Bertz CT molecular complexity index is 788. The van der Waals surface area contributed by atoms with Crippen molar-refractivity contribution < 1.29 is 0 Å². The van der Waals surface area contributed by atoms with Gasteiger partial charge in [-0.3, -0.25) is 14.0 Å². The van der Waals surface area contributed by atoms with E-state index in [9.17, 15) is 4.79 Å². The minimum absolute atomic E-state index is 0.249. The van der Waals surface area contributed by atoms with Crippen LogP contribution in [0.15, 0.2) is 11.0 Å². The molecule has 1 fully saturated rings. The first-order chi connectivity index (χ1) is 11.2. The van der Waals surface area contributed by atoms with Crippen LogP contribution in [0.25, 0.3) is 11.0 Å². The second kappa shape index (κ2) is 5.78. The summed E-state index contributed by atoms with van der Waals surface area (Å²) in [5.74, 6) is 0. The molecule has 1 aliphatic heterocycles. The summed E-state index contributed by atoms with van der Waals surface area (Å²) in [6, 6.07) is 0.291. The number of nitrogens with zero attached hydrogens (tertiary/aromatic N) is 4. The zero-order valence-corrected chi connectivity index (χ0v) is 14.2. The Morgan fingerprint density at radius 3 is 2.83 bits per heavy atom. The molecule has 2 aliphatic rings. The van der Waals surface area contributed by atoms with Gasteiger partial charge in [0.1, 0.15) is 5.65 Å². The van der Waals surface area contributed by atoms with E-state index in [2.05, 4.69) is 21.5 Å². The van der Waals surface area contributed by atoms with Crippen molar-refractivity contribution in [3.05, 3.63) is 27.7 Å². The number of hydrogen-bond acceptors (Lipinski definition) is 3. The zero-order valence-electron chi connectivity index (χ0n) is 14.2. The van der Waals surface area contributed by atoms with Crippen molar-refractivity contribution in [2.45, 2.75) is 51.5 Å². The summed E-state index contributed by atoms with van der Waals surface area (Å²) in [7, 11) is 1.96. The Morgan fingerprint density at radius 1 is 1.26 bits per heavy atom. The summed E-state index contributed by atoms with van der Waals surface area (Å²) >= 11 is 0. The molecule has 1 aliphatic carbocycles. The van der Waals surface area contributed by atoms with Crippen LogP contribution in [-0.4, -0.2) is 38.9 Å². The SMILES string of the molecule is CCCN1CCC(n2c(=O)c3c(c4cnn(C)c42)CCCC3)C1. The van der Waals surface area contributed by atoms with Crippen LogP contribution < -0.4 is 5.56 Å². The van der Waals surface area contributed by atoms with E-state index in [0.29, 0.717) is 6.04 Å². The summed E-state index contributed by atoms with van der Waals surface area (Å²) in [5.41, 5.74) is 3.60. The van der Waals surface area contributed by atoms with Crippen molar-refractivity contribution >= 4 is 11.0 Å². The third kappa shape index (κ3) is 2.33. The third-order valence-electron chi connectivity index (χ3n) is 5.56. The van der Waals surface area contributed by atoms with Crippen molar-refractivity contribution in [2.75, 3.05) is 19.6 Å². The minimum Gasteiger partial charge on any atom is -0.301 e. The second-order valence-corrected chi connectivity index (χ2v) is 7.09. The van der Waals surface area contributed by atoms with Crippen LogP contribution in [-0.2, 0) is 19.9 Å². The summed E-state index contributed by atoms with van der Waals surface area (Å²) in [6.45, 7) is 5.44. The molecule has 5 nitrogen and oxygen atoms in total. The van der Waals surface area contributed by atoms with E-state index in [-0.39, 0.29) is 5.56 Å². The second-order valence-electron chi connectivity index (χ2n) is 7.09. The molecule has 1 unspecified atom stereocenters. The lowest BCUT2D eigenvalue weighted by molar-refractivity contribution is 0.323. The summed E-state index contributed by atoms with van der Waals surface area (Å²) in [5, 5.41) is 5.68. The first kappa shape index (κ1) is 14.9. The molecule has 0 amide bonds. The first-order valence-electron chi connectivity index (χ1n) is 9.01. The average molecular weight is 314 g/mol.